The van der Waals surface area contributed by atoms with E-state index in [0.29, 0.717) is 19.0 Å². The number of halogens is 1. The summed E-state index contributed by atoms with van der Waals surface area (Å²) in [6.07, 6.45) is 0.960. The van der Waals surface area contributed by atoms with E-state index in [4.69, 9.17) is 9.47 Å². The summed E-state index contributed by atoms with van der Waals surface area (Å²) in [5.74, 6) is 1.49. The van der Waals surface area contributed by atoms with Crippen molar-refractivity contribution in [2.75, 3.05) is 20.2 Å². The summed E-state index contributed by atoms with van der Waals surface area (Å²) in [5, 5.41) is 6.50. The number of benzene rings is 2. The lowest BCUT2D eigenvalue weighted by Gasteiger charge is -2.15. The van der Waals surface area contributed by atoms with E-state index in [1.165, 1.54) is 18.7 Å². The Morgan fingerprint density at radius 3 is 2.85 bits per heavy atom. The Morgan fingerprint density at radius 1 is 1.27 bits per heavy atom. The molecule has 1 aliphatic rings. The van der Waals surface area contributed by atoms with Crippen LogP contribution in [0.3, 0.4) is 0 Å². The van der Waals surface area contributed by atoms with Crippen LogP contribution in [0.15, 0.2) is 47.5 Å². The number of nitrogens with one attached hydrogen (secondary N) is 2. The first-order valence-electron chi connectivity index (χ1n) is 8.78. The van der Waals surface area contributed by atoms with E-state index in [2.05, 4.69) is 21.7 Å². The van der Waals surface area contributed by atoms with Crippen molar-refractivity contribution in [1.29, 1.82) is 0 Å². The molecule has 6 heteroatoms. The standard InChI is InChI=1S/C20H24FN3O2/c1-3-22-20(23-12-14-8-9-19(25-2)17(21)10-14)24-13-16-11-15-6-4-5-7-18(15)26-16/h4-10,16H,3,11-13H2,1-2H3,(H2,22,23,24). The zero-order chi connectivity index (χ0) is 18.4. The molecule has 0 aliphatic carbocycles. The SMILES string of the molecule is CCNC(=NCc1ccc(OC)c(F)c1)NCC1Cc2ccccc2O1. The molecule has 0 saturated carbocycles. The zero-order valence-corrected chi connectivity index (χ0v) is 15.1. The Balaban J connectivity index is 1.57. The van der Waals surface area contributed by atoms with Crippen LogP contribution in [0, 0.1) is 5.82 Å². The number of nitrogens with zero attached hydrogens (tertiary/aromatic N) is 1. The fourth-order valence-electron chi connectivity index (χ4n) is 2.90. The summed E-state index contributed by atoms with van der Waals surface area (Å²) >= 11 is 0. The molecule has 0 saturated heterocycles. The molecule has 2 aromatic carbocycles. The number of rotatable bonds is 6. The molecule has 0 spiro atoms. The van der Waals surface area contributed by atoms with Gasteiger partial charge in [0.15, 0.2) is 17.5 Å². The van der Waals surface area contributed by atoms with Gasteiger partial charge in [-0.3, -0.25) is 0 Å². The second kappa shape index (κ2) is 8.56. The number of ether oxygens (including phenoxy) is 2. The summed E-state index contributed by atoms with van der Waals surface area (Å²) in [6.45, 7) is 3.78. The van der Waals surface area contributed by atoms with E-state index in [1.807, 2.05) is 31.2 Å². The lowest BCUT2D eigenvalue weighted by Crippen LogP contribution is -2.42. The molecule has 2 N–H and O–H groups in total. The number of para-hydroxylation sites is 1. The molecule has 0 fully saturated rings. The molecule has 1 unspecified atom stereocenters. The summed E-state index contributed by atoms with van der Waals surface area (Å²) in [6, 6.07) is 13.0. The fraction of sp³-hybridized carbons (Fsp3) is 0.350. The van der Waals surface area contributed by atoms with E-state index in [1.54, 1.807) is 6.07 Å². The minimum absolute atomic E-state index is 0.0784. The smallest absolute Gasteiger partial charge is 0.191 e. The van der Waals surface area contributed by atoms with Crippen LogP contribution in [0.1, 0.15) is 18.1 Å². The quantitative estimate of drug-likeness (QED) is 0.617. The molecule has 2 aromatic rings. The second-order valence-electron chi connectivity index (χ2n) is 6.10. The molecule has 3 rings (SSSR count). The maximum absolute atomic E-state index is 13.8. The van der Waals surface area contributed by atoms with Gasteiger partial charge in [0, 0.05) is 13.0 Å². The van der Waals surface area contributed by atoms with Gasteiger partial charge in [-0.2, -0.15) is 0 Å². The topological polar surface area (TPSA) is 54.9 Å². The number of hydrogen-bond donors (Lipinski definition) is 2. The summed E-state index contributed by atoms with van der Waals surface area (Å²) in [4.78, 5) is 4.52. The van der Waals surface area contributed by atoms with Gasteiger partial charge >= 0.3 is 0 Å². The molecule has 0 amide bonds. The largest absolute Gasteiger partial charge is 0.494 e. The van der Waals surface area contributed by atoms with Gasteiger partial charge in [0.05, 0.1) is 20.2 Å². The monoisotopic (exact) mass is 357 g/mol. The molecule has 0 aromatic heterocycles. The van der Waals surface area contributed by atoms with E-state index in [9.17, 15) is 4.39 Å². The molecule has 1 aliphatic heterocycles. The van der Waals surface area contributed by atoms with E-state index < -0.39 is 0 Å². The Morgan fingerprint density at radius 2 is 2.12 bits per heavy atom. The highest BCUT2D eigenvalue weighted by Crippen LogP contribution is 2.27. The van der Waals surface area contributed by atoms with Gasteiger partial charge < -0.3 is 20.1 Å². The molecular formula is C20H24FN3O2. The molecule has 138 valence electrons. The molecule has 5 nitrogen and oxygen atoms in total. The molecule has 26 heavy (non-hydrogen) atoms. The van der Waals surface area contributed by atoms with Crippen LogP contribution in [0.25, 0.3) is 0 Å². The van der Waals surface area contributed by atoms with Crippen LogP contribution in [-0.2, 0) is 13.0 Å². The highest BCUT2D eigenvalue weighted by atomic mass is 19.1. The van der Waals surface area contributed by atoms with Crippen LogP contribution >= 0.6 is 0 Å². The Labute approximate surface area is 153 Å². The molecule has 0 bridgehead atoms. The zero-order valence-electron chi connectivity index (χ0n) is 15.1. The number of guanidine groups is 1. The maximum Gasteiger partial charge on any atom is 0.191 e. The predicted octanol–water partition coefficient (Wildman–Crippen LogP) is 2.89. The lowest BCUT2D eigenvalue weighted by molar-refractivity contribution is 0.235. The number of aliphatic imine (C=N–C) groups is 1. The van der Waals surface area contributed by atoms with Gasteiger partial charge in [0.2, 0.25) is 0 Å². The third kappa shape index (κ3) is 4.45. The first-order chi connectivity index (χ1) is 12.7. The minimum atomic E-state index is -0.379. The summed E-state index contributed by atoms with van der Waals surface area (Å²) in [5.41, 5.74) is 2.01. The van der Waals surface area contributed by atoms with E-state index >= 15 is 0 Å². The third-order valence-electron chi connectivity index (χ3n) is 4.19. The molecule has 1 atom stereocenters. The highest BCUT2D eigenvalue weighted by Gasteiger charge is 2.22. The maximum atomic E-state index is 13.8. The van der Waals surface area contributed by atoms with Crippen molar-refractivity contribution in [1.82, 2.24) is 10.6 Å². The molecular weight excluding hydrogens is 333 g/mol. The number of methoxy groups -OCH3 is 1. The van der Waals surface area contributed by atoms with Crippen molar-refractivity contribution in [2.45, 2.75) is 26.0 Å². The molecule has 1 heterocycles. The number of fused-ring (bicyclic) bond motifs is 1. The number of hydrogen-bond acceptors (Lipinski definition) is 3. The normalized spacial score (nSPS) is 16.0. The van der Waals surface area contributed by atoms with Crippen molar-refractivity contribution in [3.05, 3.63) is 59.4 Å². The second-order valence-corrected chi connectivity index (χ2v) is 6.10. The molecule has 0 radical (unpaired) electrons. The minimum Gasteiger partial charge on any atom is -0.494 e. The van der Waals surface area contributed by atoms with Gasteiger partial charge in [-0.15, -0.1) is 0 Å². The van der Waals surface area contributed by atoms with Crippen molar-refractivity contribution in [2.24, 2.45) is 4.99 Å². The Hall–Kier alpha value is -2.76. The third-order valence-corrected chi connectivity index (χ3v) is 4.19. The van der Waals surface area contributed by atoms with Gasteiger partial charge in [-0.05, 0) is 36.2 Å². The van der Waals surface area contributed by atoms with E-state index in [0.717, 1.165) is 24.3 Å². The lowest BCUT2D eigenvalue weighted by atomic mass is 10.1. The van der Waals surface area contributed by atoms with Crippen LogP contribution < -0.4 is 20.1 Å². The van der Waals surface area contributed by atoms with Crippen molar-refractivity contribution in [3.8, 4) is 11.5 Å². The Kier molecular flexibility index (Phi) is 5.94. The average Bonchev–Trinajstić information content (AvgIpc) is 3.07. The van der Waals surface area contributed by atoms with Crippen LogP contribution in [0.4, 0.5) is 4.39 Å². The van der Waals surface area contributed by atoms with Crippen molar-refractivity contribution in [3.63, 3.8) is 0 Å². The summed E-state index contributed by atoms with van der Waals surface area (Å²) in [7, 11) is 1.45. The van der Waals surface area contributed by atoms with Crippen molar-refractivity contribution >= 4 is 5.96 Å². The van der Waals surface area contributed by atoms with Crippen LogP contribution in [-0.4, -0.2) is 32.3 Å². The van der Waals surface area contributed by atoms with Crippen LogP contribution in [0.5, 0.6) is 11.5 Å². The first kappa shape index (κ1) is 18.0. The first-order valence-corrected chi connectivity index (χ1v) is 8.78. The van der Waals surface area contributed by atoms with Gasteiger partial charge in [0.25, 0.3) is 0 Å². The van der Waals surface area contributed by atoms with Gasteiger partial charge in [-0.1, -0.05) is 24.3 Å². The van der Waals surface area contributed by atoms with Crippen LogP contribution in [0.2, 0.25) is 0 Å². The predicted molar refractivity (Wildman–Crippen MR) is 100 cm³/mol. The highest BCUT2D eigenvalue weighted by molar-refractivity contribution is 5.79. The van der Waals surface area contributed by atoms with Gasteiger partial charge in [0.1, 0.15) is 11.9 Å². The fourth-order valence-corrected chi connectivity index (χ4v) is 2.90. The summed E-state index contributed by atoms with van der Waals surface area (Å²) < 4.78 is 24.7. The Bertz CT molecular complexity index is 754. The van der Waals surface area contributed by atoms with Gasteiger partial charge in [-0.25, -0.2) is 9.38 Å². The average molecular weight is 357 g/mol. The van der Waals surface area contributed by atoms with Crippen molar-refractivity contribution < 1.29 is 13.9 Å². The van der Waals surface area contributed by atoms with E-state index in [-0.39, 0.29) is 17.7 Å².